The fraction of sp³-hybridized carbons (Fsp3) is 0.600. The van der Waals surface area contributed by atoms with Gasteiger partial charge in [0.25, 0.3) is 0 Å². The van der Waals surface area contributed by atoms with Crippen molar-refractivity contribution in [3.63, 3.8) is 0 Å². The van der Waals surface area contributed by atoms with Crippen LogP contribution in [-0.2, 0) is 10.0 Å². The zero-order chi connectivity index (χ0) is 16.6. The number of halogens is 2. The van der Waals surface area contributed by atoms with E-state index in [1.54, 1.807) is 6.92 Å². The molecule has 0 radical (unpaired) electrons. The molecule has 0 unspecified atom stereocenters. The Bertz CT molecular complexity index is 632. The van der Waals surface area contributed by atoms with Crippen LogP contribution in [0.2, 0.25) is 10.0 Å². The maximum Gasteiger partial charge on any atom is 0.242 e. The fourth-order valence-corrected chi connectivity index (χ4v) is 4.86. The van der Waals surface area contributed by atoms with Gasteiger partial charge in [-0.25, -0.2) is 13.1 Å². The van der Waals surface area contributed by atoms with Crippen LogP contribution >= 0.6 is 23.2 Å². The highest BCUT2D eigenvalue weighted by Crippen LogP contribution is 2.31. The standard InChI is InChI=1S/C15H23Cl2NO2S/c1-10-7-13(12(17)8-11(10)16)21(19,20)18-15(5,6)9-14(2,3)4/h7-8,18H,9H2,1-6H3. The Morgan fingerprint density at radius 3 is 2.05 bits per heavy atom. The van der Waals surface area contributed by atoms with Gasteiger partial charge in [-0.1, -0.05) is 44.0 Å². The first-order valence-corrected chi connectivity index (χ1v) is 8.97. The smallest absolute Gasteiger partial charge is 0.207 e. The molecule has 0 aromatic heterocycles. The number of benzene rings is 1. The average molecular weight is 352 g/mol. The molecule has 1 aromatic carbocycles. The van der Waals surface area contributed by atoms with E-state index in [4.69, 9.17) is 23.2 Å². The minimum Gasteiger partial charge on any atom is -0.207 e. The van der Waals surface area contributed by atoms with E-state index in [2.05, 4.69) is 25.5 Å². The van der Waals surface area contributed by atoms with Crippen LogP contribution in [0.3, 0.4) is 0 Å². The lowest BCUT2D eigenvalue weighted by molar-refractivity contribution is 0.269. The molecule has 0 bridgehead atoms. The molecule has 0 aliphatic heterocycles. The minimum atomic E-state index is -3.70. The van der Waals surface area contributed by atoms with Crippen LogP contribution in [0.4, 0.5) is 0 Å². The predicted octanol–water partition coefficient (Wildman–Crippen LogP) is 4.79. The summed E-state index contributed by atoms with van der Waals surface area (Å²) < 4.78 is 27.9. The summed E-state index contributed by atoms with van der Waals surface area (Å²) in [5.74, 6) is 0. The maximum atomic E-state index is 12.6. The molecule has 21 heavy (non-hydrogen) atoms. The first-order valence-electron chi connectivity index (χ1n) is 6.73. The molecule has 0 amide bonds. The SMILES string of the molecule is Cc1cc(S(=O)(=O)NC(C)(C)CC(C)(C)C)c(Cl)cc1Cl. The van der Waals surface area contributed by atoms with Crippen molar-refractivity contribution in [2.75, 3.05) is 0 Å². The highest BCUT2D eigenvalue weighted by atomic mass is 35.5. The van der Waals surface area contributed by atoms with E-state index in [1.807, 2.05) is 13.8 Å². The van der Waals surface area contributed by atoms with Gasteiger partial charge in [-0.3, -0.25) is 0 Å². The summed E-state index contributed by atoms with van der Waals surface area (Å²) in [6, 6.07) is 2.96. The summed E-state index contributed by atoms with van der Waals surface area (Å²) in [7, 11) is -3.70. The van der Waals surface area contributed by atoms with Crippen LogP contribution in [0.15, 0.2) is 17.0 Å². The highest BCUT2D eigenvalue weighted by molar-refractivity contribution is 7.89. The summed E-state index contributed by atoms with van der Waals surface area (Å²) in [4.78, 5) is 0.0630. The molecule has 1 rings (SSSR count). The summed E-state index contributed by atoms with van der Waals surface area (Å²) in [5.41, 5.74) is 0.106. The van der Waals surface area contributed by atoms with Gasteiger partial charge in [0.05, 0.1) is 5.02 Å². The number of hydrogen-bond acceptors (Lipinski definition) is 2. The average Bonchev–Trinajstić information content (AvgIpc) is 2.17. The van der Waals surface area contributed by atoms with E-state index in [0.717, 1.165) is 0 Å². The molecule has 0 saturated heterocycles. The minimum absolute atomic E-state index is 0.00568. The quantitative estimate of drug-likeness (QED) is 0.846. The summed E-state index contributed by atoms with van der Waals surface area (Å²) >= 11 is 12.0. The van der Waals surface area contributed by atoms with Crippen molar-refractivity contribution >= 4 is 33.2 Å². The first kappa shape index (κ1) is 18.8. The molecule has 6 heteroatoms. The fourth-order valence-electron chi connectivity index (χ4n) is 2.62. The zero-order valence-corrected chi connectivity index (χ0v) is 15.7. The van der Waals surface area contributed by atoms with Gasteiger partial charge in [0.2, 0.25) is 10.0 Å². The van der Waals surface area contributed by atoms with Gasteiger partial charge in [-0.2, -0.15) is 0 Å². The summed E-state index contributed by atoms with van der Waals surface area (Å²) in [6.07, 6.45) is 0.698. The lowest BCUT2D eigenvalue weighted by Crippen LogP contribution is -2.45. The predicted molar refractivity (Wildman–Crippen MR) is 89.7 cm³/mol. The van der Waals surface area contributed by atoms with Crippen LogP contribution < -0.4 is 4.72 Å². The molecular formula is C15H23Cl2NO2S. The molecule has 120 valence electrons. The summed E-state index contributed by atoms with van der Waals surface area (Å²) in [6.45, 7) is 11.7. The molecule has 0 aliphatic carbocycles. The van der Waals surface area contributed by atoms with Crippen LogP contribution in [-0.4, -0.2) is 14.0 Å². The third kappa shape index (κ3) is 5.44. The lowest BCUT2D eigenvalue weighted by Gasteiger charge is -2.33. The second kappa shape index (κ2) is 6.07. The number of aryl methyl sites for hydroxylation is 1. The van der Waals surface area contributed by atoms with Crippen molar-refractivity contribution in [2.24, 2.45) is 5.41 Å². The van der Waals surface area contributed by atoms with Crippen molar-refractivity contribution in [3.8, 4) is 0 Å². The topological polar surface area (TPSA) is 46.2 Å². The number of sulfonamides is 1. The first-order chi connectivity index (χ1) is 9.23. The van der Waals surface area contributed by atoms with Gasteiger partial charge in [-0.15, -0.1) is 0 Å². The van der Waals surface area contributed by atoms with Crippen molar-refractivity contribution in [2.45, 2.75) is 58.4 Å². The molecule has 0 spiro atoms. The molecule has 3 nitrogen and oxygen atoms in total. The second-order valence-electron chi connectivity index (χ2n) is 7.26. The Morgan fingerprint density at radius 1 is 1.05 bits per heavy atom. The normalized spacial score (nSPS) is 13.5. The number of nitrogens with one attached hydrogen (secondary N) is 1. The Kier molecular flexibility index (Phi) is 5.42. The van der Waals surface area contributed by atoms with E-state index in [1.165, 1.54) is 12.1 Å². The third-order valence-electron chi connectivity index (χ3n) is 2.89. The molecule has 0 saturated carbocycles. The van der Waals surface area contributed by atoms with Gasteiger partial charge in [0.1, 0.15) is 4.90 Å². The highest BCUT2D eigenvalue weighted by Gasteiger charge is 2.31. The van der Waals surface area contributed by atoms with E-state index >= 15 is 0 Å². The van der Waals surface area contributed by atoms with E-state index in [-0.39, 0.29) is 15.3 Å². The lowest BCUT2D eigenvalue weighted by atomic mass is 9.82. The van der Waals surface area contributed by atoms with Crippen LogP contribution in [0.1, 0.15) is 46.6 Å². The maximum absolute atomic E-state index is 12.6. The largest absolute Gasteiger partial charge is 0.242 e. The van der Waals surface area contributed by atoms with Crippen molar-refractivity contribution < 1.29 is 8.42 Å². The van der Waals surface area contributed by atoms with Crippen molar-refractivity contribution in [1.82, 2.24) is 4.72 Å². The van der Waals surface area contributed by atoms with Gasteiger partial charge in [0.15, 0.2) is 0 Å². The van der Waals surface area contributed by atoms with Crippen LogP contribution in [0, 0.1) is 12.3 Å². The Morgan fingerprint density at radius 2 is 1.57 bits per heavy atom. The second-order valence-corrected chi connectivity index (χ2v) is 9.72. The summed E-state index contributed by atoms with van der Waals surface area (Å²) in [5, 5.41) is 0.581. The molecule has 0 heterocycles. The van der Waals surface area contributed by atoms with Gasteiger partial charge in [0, 0.05) is 10.6 Å². The molecule has 1 N–H and O–H groups in total. The van der Waals surface area contributed by atoms with Crippen molar-refractivity contribution in [3.05, 3.63) is 27.7 Å². The molecule has 0 fully saturated rings. The van der Waals surface area contributed by atoms with Gasteiger partial charge in [-0.05, 0) is 50.3 Å². The zero-order valence-electron chi connectivity index (χ0n) is 13.3. The number of rotatable bonds is 4. The Hall–Kier alpha value is -0.290. The van der Waals surface area contributed by atoms with Crippen LogP contribution in [0.5, 0.6) is 0 Å². The molecule has 0 aliphatic rings. The van der Waals surface area contributed by atoms with Crippen molar-refractivity contribution in [1.29, 1.82) is 0 Å². The van der Waals surface area contributed by atoms with Gasteiger partial charge >= 0.3 is 0 Å². The van der Waals surface area contributed by atoms with E-state index in [0.29, 0.717) is 17.0 Å². The Balaban J connectivity index is 3.16. The van der Waals surface area contributed by atoms with E-state index in [9.17, 15) is 8.42 Å². The van der Waals surface area contributed by atoms with E-state index < -0.39 is 15.6 Å². The molecule has 0 atom stereocenters. The molecule has 1 aromatic rings. The van der Waals surface area contributed by atoms with Gasteiger partial charge < -0.3 is 0 Å². The number of hydrogen-bond donors (Lipinski definition) is 1. The Labute approximate surface area is 138 Å². The molecular weight excluding hydrogens is 329 g/mol. The monoisotopic (exact) mass is 351 g/mol. The third-order valence-corrected chi connectivity index (χ3v) is 5.46. The van der Waals surface area contributed by atoms with Crippen LogP contribution in [0.25, 0.3) is 0 Å².